The molecule has 0 fully saturated rings. The Labute approximate surface area is 173 Å². The van der Waals surface area contributed by atoms with Gasteiger partial charge >= 0.3 is 5.97 Å². The lowest BCUT2D eigenvalue weighted by atomic mass is 10.0. The van der Waals surface area contributed by atoms with Crippen LogP contribution in [0.2, 0.25) is 0 Å². The Balaban J connectivity index is 1.79. The third kappa shape index (κ3) is 3.42. The first-order valence-electron chi connectivity index (χ1n) is 9.50. The summed E-state index contributed by atoms with van der Waals surface area (Å²) < 4.78 is 5.75. The van der Waals surface area contributed by atoms with Crippen LogP contribution in [0, 0.1) is 0 Å². The SMILES string of the molecule is CC(=O)N(C(C)=O)c1ccc(OC(=O)c2cccc3ccccc23)c2ccccc12. The van der Waals surface area contributed by atoms with Gasteiger partial charge in [-0.05, 0) is 29.0 Å². The molecule has 4 aromatic rings. The molecule has 0 saturated heterocycles. The Bertz CT molecular complexity index is 1290. The molecular formula is C25H19NO4. The molecule has 0 radical (unpaired) electrons. The van der Waals surface area contributed by atoms with Crippen molar-refractivity contribution in [3.63, 3.8) is 0 Å². The number of nitrogens with zero attached hydrogens (tertiary/aromatic N) is 1. The number of anilines is 1. The summed E-state index contributed by atoms with van der Waals surface area (Å²) in [5, 5.41) is 3.04. The van der Waals surface area contributed by atoms with Crippen molar-refractivity contribution in [1.82, 2.24) is 0 Å². The lowest BCUT2D eigenvalue weighted by molar-refractivity contribution is -0.124. The van der Waals surface area contributed by atoms with Crippen LogP contribution in [-0.2, 0) is 9.59 Å². The number of hydrogen-bond donors (Lipinski definition) is 0. The number of imide groups is 1. The molecule has 0 aromatic heterocycles. The number of carbonyl (C=O) groups is 3. The molecule has 0 spiro atoms. The van der Waals surface area contributed by atoms with E-state index in [4.69, 9.17) is 4.74 Å². The van der Waals surface area contributed by atoms with Gasteiger partial charge in [0.15, 0.2) is 0 Å². The van der Waals surface area contributed by atoms with Crippen molar-refractivity contribution in [2.45, 2.75) is 13.8 Å². The summed E-state index contributed by atoms with van der Waals surface area (Å²) in [6.45, 7) is 2.68. The Kier molecular flexibility index (Phi) is 5.02. The first-order chi connectivity index (χ1) is 14.5. The maximum Gasteiger partial charge on any atom is 0.344 e. The number of fused-ring (bicyclic) bond motifs is 2. The molecule has 0 aliphatic heterocycles. The van der Waals surface area contributed by atoms with Crippen molar-refractivity contribution in [3.05, 3.63) is 84.4 Å². The smallest absolute Gasteiger partial charge is 0.344 e. The van der Waals surface area contributed by atoms with Crippen LogP contribution in [0.15, 0.2) is 78.9 Å². The first-order valence-corrected chi connectivity index (χ1v) is 9.50. The van der Waals surface area contributed by atoms with Gasteiger partial charge in [-0.2, -0.15) is 0 Å². The monoisotopic (exact) mass is 397 g/mol. The molecule has 4 aromatic carbocycles. The van der Waals surface area contributed by atoms with Crippen LogP contribution in [0.4, 0.5) is 5.69 Å². The topological polar surface area (TPSA) is 63.7 Å². The third-order valence-corrected chi connectivity index (χ3v) is 4.94. The molecular weight excluding hydrogens is 378 g/mol. The second-order valence-electron chi connectivity index (χ2n) is 6.92. The fourth-order valence-electron chi connectivity index (χ4n) is 3.66. The number of hydrogen-bond acceptors (Lipinski definition) is 4. The van der Waals surface area contributed by atoms with E-state index in [0.717, 1.165) is 15.7 Å². The molecule has 0 atom stereocenters. The molecule has 0 aliphatic carbocycles. The molecule has 5 heteroatoms. The zero-order valence-corrected chi connectivity index (χ0v) is 16.6. The highest BCUT2D eigenvalue weighted by Crippen LogP contribution is 2.34. The van der Waals surface area contributed by atoms with Crippen molar-refractivity contribution in [3.8, 4) is 5.75 Å². The van der Waals surface area contributed by atoms with Crippen LogP contribution >= 0.6 is 0 Å². The number of carbonyl (C=O) groups excluding carboxylic acids is 3. The van der Waals surface area contributed by atoms with E-state index < -0.39 is 5.97 Å². The summed E-state index contributed by atoms with van der Waals surface area (Å²) in [6, 6.07) is 23.5. The van der Waals surface area contributed by atoms with Gasteiger partial charge in [0.25, 0.3) is 0 Å². The van der Waals surface area contributed by atoms with Crippen LogP contribution < -0.4 is 9.64 Å². The number of ether oxygens (including phenoxy) is 1. The summed E-state index contributed by atoms with van der Waals surface area (Å²) in [5.41, 5.74) is 0.922. The molecule has 0 N–H and O–H groups in total. The van der Waals surface area contributed by atoms with Crippen molar-refractivity contribution >= 4 is 45.0 Å². The molecule has 5 nitrogen and oxygen atoms in total. The van der Waals surface area contributed by atoms with Gasteiger partial charge in [0.05, 0.1) is 11.3 Å². The normalized spacial score (nSPS) is 10.7. The average molecular weight is 397 g/mol. The zero-order chi connectivity index (χ0) is 21.3. The van der Waals surface area contributed by atoms with Crippen LogP contribution in [0.1, 0.15) is 24.2 Å². The van der Waals surface area contributed by atoms with Crippen molar-refractivity contribution < 1.29 is 19.1 Å². The van der Waals surface area contributed by atoms with Gasteiger partial charge in [-0.15, -0.1) is 0 Å². The third-order valence-electron chi connectivity index (χ3n) is 4.94. The number of benzene rings is 4. The molecule has 0 bridgehead atoms. The highest BCUT2D eigenvalue weighted by Gasteiger charge is 2.21. The van der Waals surface area contributed by atoms with Gasteiger partial charge in [-0.1, -0.05) is 60.7 Å². The number of rotatable bonds is 3. The minimum atomic E-state index is -0.473. The van der Waals surface area contributed by atoms with E-state index in [2.05, 4.69) is 0 Å². The molecule has 0 heterocycles. The average Bonchev–Trinajstić information content (AvgIpc) is 2.74. The van der Waals surface area contributed by atoms with Crippen LogP contribution in [-0.4, -0.2) is 17.8 Å². The van der Waals surface area contributed by atoms with E-state index in [0.29, 0.717) is 27.8 Å². The lowest BCUT2D eigenvalue weighted by Crippen LogP contribution is -2.33. The van der Waals surface area contributed by atoms with Crippen LogP contribution in [0.25, 0.3) is 21.5 Å². The zero-order valence-electron chi connectivity index (χ0n) is 16.6. The fourth-order valence-corrected chi connectivity index (χ4v) is 3.66. The summed E-state index contributed by atoms with van der Waals surface area (Å²) >= 11 is 0. The quantitative estimate of drug-likeness (QED) is 0.356. The van der Waals surface area contributed by atoms with Crippen molar-refractivity contribution in [2.75, 3.05) is 4.90 Å². The standard InChI is InChI=1S/C25H19NO4/c1-16(27)26(17(2)28)23-14-15-24(21-12-6-5-11-20(21)23)30-25(29)22-13-7-9-18-8-3-4-10-19(18)22/h3-15H,1-2H3. The van der Waals surface area contributed by atoms with Gasteiger partial charge in [-0.25, -0.2) is 4.79 Å². The van der Waals surface area contributed by atoms with Gasteiger partial charge < -0.3 is 4.74 Å². The predicted molar refractivity (Wildman–Crippen MR) is 117 cm³/mol. The largest absolute Gasteiger partial charge is 0.422 e. The lowest BCUT2D eigenvalue weighted by Gasteiger charge is -2.20. The highest BCUT2D eigenvalue weighted by atomic mass is 16.5. The summed E-state index contributed by atoms with van der Waals surface area (Å²) in [5.74, 6) is -0.875. The second kappa shape index (κ2) is 7.79. The van der Waals surface area contributed by atoms with E-state index in [9.17, 15) is 14.4 Å². The van der Waals surface area contributed by atoms with E-state index in [1.165, 1.54) is 13.8 Å². The Morgan fingerprint density at radius 3 is 1.97 bits per heavy atom. The molecule has 4 rings (SSSR count). The molecule has 148 valence electrons. The van der Waals surface area contributed by atoms with Gasteiger partial charge in [0.1, 0.15) is 5.75 Å². The van der Waals surface area contributed by atoms with Gasteiger partial charge in [-0.3, -0.25) is 14.5 Å². The summed E-state index contributed by atoms with van der Waals surface area (Å²) in [7, 11) is 0. The Morgan fingerprint density at radius 2 is 1.27 bits per heavy atom. The van der Waals surface area contributed by atoms with Gasteiger partial charge in [0, 0.05) is 24.6 Å². The predicted octanol–water partition coefficient (Wildman–Crippen LogP) is 5.11. The fraction of sp³-hybridized carbons (Fsp3) is 0.0800. The van der Waals surface area contributed by atoms with E-state index >= 15 is 0 Å². The Hall–Kier alpha value is -3.99. The molecule has 0 saturated carbocycles. The van der Waals surface area contributed by atoms with E-state index in [1.54, 1.807) is 36.4 Å². The number of esters is 1. The maximum absolute atomic E-state index is 13.0. The molecule has 0 aliphatic rings. The summed E-state index contributed by atoms with van der Waals surface area (Å²) in [6.07, 6.45) is 0. The maximum atomic E-state index is 13.0. The van der Waals surface area contributed by atoms with E-state index in [-0.39, 0.29) is 11.8 Å². The Morgan fingerprint density at radius 1 is 0.667 bits per heavy atom. The highest BCUT2D eigenvalue weighted by molar-refractivity contribution is 6.18. The van der Waals surface area contributed by atoms with Crippen LogP contribution in [0.5, 0.6) is 5.75 Å². The second-order valence-corrected chi connectivity index (χ2v) is 6.92. The molecule has 30 heavy (non-hydrogen) atoms. The molecule has 2 amide bonds. The first kappa shape index (κ1) is 19.3. The molecule has 0 unspecified atom stereocenters. The minimum Gasteiger partial charge on any atom is -0.422 e. The van der Waals surface area contributed by atoms with Crippen molar-refractivity contribution in [1.29, 1.82) is 0 Å². The minimum absolute atomic E-state index is 0.360. The van der Waals surface area contributed by atoms with Crippen LogP contribution in [0.3, 0.4) is 0 Å². The van der Waals surface area contributed by atoms with Crippen molar-refractivity contribution in [2.24, 2.45) is 0 Å². The summed E-state index contributed by atoms with van der Waals surface area (Å²) in [4.78, 5) is 38.1. The van der Waals surface area contributed by atoms with Gasteiger partial charge in [0.2, 0.25) is 11.8 Å². The number of amides is 2. The van der Waals surface area contributed by atoms with E-state index in [1.807, 2.05) is 42.5 Å².